The summed E-state index contributed by atoms with van der Waals surface area (Å²) in [5.41, 5.74) is 1.13. The van der Waals surface area contributed by atoms with E-state index in [0.717, 1.165) is 11.6 Å². The Kier molecular flexibility index (Phi) is 5.91. The van der Waals surface area contributed by atoms with Crippen molar-refractivity contribution < 1.29 is 22.8 Å². The van der Waals surface area contributed by atoms with E-state index in [1.807, 2.05) is 0 Å². The van der Waals surface area contributed by atoms with Gasteiger partial charge in [0.2, 0.25) is 5.91 Å². The Bertz CT molecular complexity index is 1400. The van der Waals surface area contributed by atoms with Crippen LogP contribution in [-0.4, -0.2) is 17.7 Å². The Balaban J connectivity index is 1.38. The highest BCUT2D eigenvalue weighted by Gasteiger charge is 2.60. The van der Waals surface area contributed by atoms with Gasteiger partial charge in [0.25, 0.3) is 0 Å². The molecule has 1 spiro atoms. The number of fused-ring (bicyclic) bond motifs is 2. The van der Waals surface area contributed by atoms with Gasteiger partial charge in [0.15, 0.2) is 17.4 Å². The molecule has 2 aliphatic rings. The van der Waals surface area contributed by atoms with Gasteiger partial charge in [-0.3, -0.25) is 14.5 Å². The number of ketones is 1. The molecule has 1 aliphatic heterocycles. The molecule has 1 aliphatic carbocycles. The van der Waals surface area contributed by atoms with Crippen LogP contribution in [0.25, 0.3) is 5.70 Å². The Morgan fingerprint density at radius 2 is 1.78 bits per heavy atom. The van der Waals surface area contributed by atoms with Crippen LogP contribution in [0.2, 0.25) is 5.02 Å². The van der Waals surface area contributed by atoms with Crippen molar-refractivity contribution >= 4 is 40.4 Å². The number of Topliss-reactive ketones (excluding diaryl/α,β-unsaturated/α-hetero) is 1. The van der Waals surface area contributed by atoms with Crippen LogP contribution in [0.15, 0.2) is 61.2 Å². The summed E-state index contributed by atoms with van der Waals surface area (Å²) < 4.78 is 43.1. The molecular formula is C28H22ClF3N2O2. The third-order valence-corrected chi connectivity index (χ3v) is 7.22. The molecular weight excluding hydrogens is 489 g/mol. The highest BCUT2D eigenvalue weighted by molar-refractivity contribution is 6.32. The van der Waals surface area contributed by atoms with Crippen molar-refractivity contribution in [3.8, 4) is 0 Å². The average Bonchev–Trinajstić information content (AvgIpc) is 3.59. The van der Waals surface area contributed by atoms with E-state index in [9.17, 15) is 22.8 Å². The van der Waals surface area contributed by atoms with Gasteiger partial charge in [0.1, 0.15) is 5.82 Å². The molecule has 1 amide bonds. The minimum absolute atomic E-state index is 0.0356. The number of carbonyl (C=O) groups is 2. The van der Waals surface area contributed by atoms with Gasteiger partial charge in [0.05, 0.1) is 27.7 Å². The average molecular weight is 511 g/mol. The monoisotopic (exact) mass is 510 g/mol. The zero-order valence-corrected chi connectivity index (χ0v) is 20.1. The normalized spacial score (nSPS) is 16.1. The van der Waals surface area contributed by atoms with Crippen LogP contribution in [0.4, 0.5) is 24.5 Å². The number of anilines is 2. The van der Waals surface area contributed by atoms with Crippen LogP contribution >= 0.6 is 11.6 Å². The molecule has 0 aromatic heterocycles. The first kappa shape index (κ1) is 24.1. The number of carbonyl (C=O) groups excluding carboxylic acids is 2. The van der Waals surface area contributed by atoms with Crippen LogP contribution in [-0.2, 0) is 21.4 Å². The van der Waals surface area contributed by atoms with Crippen molar-refractivity contribution in [2.24, 2.45) is 0 Å². The Morgan fingerprint density at radius 1 is 1.08 bits per heavy atom. The number of benzene rings is 3. The van der Waals surface area contributed by atoms with E-state index in [2.05, 4.69) is 11.9 Å². The first-order chi connectivity index (χ1) is 17.1. The smallest absolute Gasteiger partial charge is 0.242 e. The van der Waals surface area contributed by atoms with Crippen LogP contribution < -0.4 is 10.2 Å². The maximum absolute atomic E-state index is 14.8. The third kappa shape index (κ3) is 3.88. The molecule has 3 aromatic carbocycles. The first-order valence-electron chi connectivity index (χ1n) is 11.5. The Morgan fingerprint density at radius 3 is 2.39 bits per heavy atom. The summed E-state index contributed by atoms with van der Waals surface area (Å²) in [6.07, 6.45) is 1.44. The molecule has 0 radical (unpaired) electrons. The lowest BCUT2D eigenvalue weighted by Crippen LogP contribution is -2.36. The Hall–Kier alpha value is -3.58. The number of amides is 1. The topological polar surface area (TPSA) is 49.4 Å². The zero-order chi connectivity index (χ0) is 25.8. The highest BCUT2D eigenvalue weighted by Crippen LogP contribution is 2.59. The summed E-state index contributed by atoms with van der Waals surface area (Å²) in [5, 5.41) is 3.13. The van der Waals surface area contributed by atoms with Gasteiger partial charge in [0, 0.05) is 11.4 Å². The molecule has 1 fully saturated rings. The second-order valence-corrected chi connectivity index (χ2v) is 9.64. The van der Waals surface area contributed by atoms with Crippen molar-refractivity contribution in [1.29, 1.82) is 0 Å². The van der Waals surface area contributed by atoms with Gasteiger partial charge in [-0.2, -0.15) is 0 Å². The molecule has 4 nitrogen and oxygen atoms in total. The SMILES string of the molecule is C=C(NC(Cc1ccc(N2C(=O)C3(CC3)c3ccc(F)c(F)c32)cc1)C(C)=O)c1c(F)cccc1Cl. The van der Waals surface area contributed by atoms with E-state index < -0.39 is 28.9 Å². The lowest BCUT2D eigenvalue weighted by atomic mass is 9.98. The Labute approximate surface area is 211 Å². The molecule has 36 heavy (non-hydrogen) atoms. The quantitative estimate of drug-likeness (QED) is 0.410. The van der Waals surface area contributed by atoms with Crippen LogP contribution in [0.5, 0.6) is 0 Å². The fourth-order valence-electron chi connectivity index (χ4n) is 4.81. The summed E-state index contributed by atoms with van der Waals surface area (Å²) in [6.45, 7) is 5.25. The van der Waals surface area contributed by atoms with E-state index in [1.54, 1.807) is 24.3 Å². The molecule has 1 N–H and O–H groups in total. The molecule has 0 bridgehead atoms. The molecule has 1 unspecified atom stereocenters. The fourth-order valence-corrected chi connectivity index (χ4v) is 5.09. The van der Waals surface area contributed by atoms with Crippen molar-refractivity contribution in [3.05, 3.63) is 100 Å². The fraction of sp³-hybridized carbons (Fsp3) is 0.214. The number of nitrogens with zero attached hydrogens (tertiary/aromatic N) is 1. The van der Waals surface area contributed by atoms with Crippen molar-refractivity contribution in [1.82, 2.24) is 5.32 Å². The highest BCUT2D eigenvalue weighted by atomic mass is 35.5. The summed E-state index contributed by atoms with van der Waals surface area (Å²) in [6, 6.07) is 12.8. The molecule has 5 rings (SSSR count). The van der Waals surface area contributed by atoms with Gasteiger partial charge in [-0.05, 0) is 67.6 Å². The van der Waals surface area contributed by atoms with Crippen LogP contribution in [0.1, 0.15) is 36.5 Å². The summed E-state index contributed by atoms with van der Waals surface area (Å²) in [4.78, 5) is 26.8. The molecule has 3 aromatic rings. The predicted molar refractivity (Wildman–Crippen MR) is 133 cm³/mol. The van der Waals surface area contributed by atoms with Crippen LogP contribution in [0, 0.1) is 17.5 Å². The summed E-state index contributed by atoms with van der Waals surface area (Å²) >= 11 is 6.11. The minimum atomic E-state index is -1.04. The summed E-state index contributed by atoms with van der Waals surface area (Å²) in [5.74, 6) is -3.06. The van der Waals surface area contributed by atoms with Gasteiger partial charge < -0.3 is 5.32 Å². The number of hydrogen-bond donors (Lipinski definition) is 1. The molecule has 1 atom stereocenters. The van der Waals surface area contributed by atoms with Crippen LogP contribution in [0.3, 0.4) is 0 Å². The van der Waals surface area contributed by atoms with E-state index in [4.69, 9.17) is 11.6 Å². The molecule has 1 heterocycles. The third-order valence-electron chi connectivity index (χ3n) is 6.91. The largest absolute Gasteiger partial charge is 0.375 e. The molecule has 8 heteroatoms. The minimum Gasteiger partial charge on any atom is -0.375 e. The maximum Gasteiger partial charge on any atom is 0.242 e. The molecule has 184 valence electrons. The lowest BCUT2D eigenvalue weighted by molar-refractivity contribution is -0.120. The lowest BCUT2D eigenvalue weighted by Gasteiger charge is -2.21. The van der Waals surface area contributed by atoms with Gasteiger partial charge in [-0.1, -0.05) is 42.4 Å². The van der Waals surface area contributed by atoms with E-state index >= 15 is 0 Å². The molecule has 0 saturated heterocycles. The van der Waals surface area contributed by atoms with Crippen molar-refractivity contribution in [2.75, 3.05) is 4.90 Å². The van der Waals surface area contributed by atoms with Crippen molar-refractivity contribution in [2.45, 2.75) is 37.6 Å². The van der Waals surface area contributed by atoms with Gasteiger partial charge in [-0.15, -0.1) is 0 Å². The number of halogens is 4. The second-order valence-electron chi connectivity index (χ2n) is 9.23. The maximum atomic E-state index is 14.8. The number of hydrogen-bond acceptors (Lipinski definition) is 3. The standard InChI is InChI=1S/C28H22ClF3N2O2/c1-15(24-20(29)4-3-5-21(24)30)33-23(16(2)35)14-17-6-8-18(9-7-17)34-26-19(10-11-22(31)25(26)32)28(12-13-28)27(34)36/h3-11,23,33H,1,12-14H2,2H3. The predicted octanol–water partition coefficient (Wildman–Crippen LogP) is 6.23. The first-order valence-corrected chi connectivity index (χ1v) is 11.8. The van der Waals surface area contributed by atoms with E-state index in [-0.39, 0.29) is 40.1 Å². The molecule has 1 saturated carbocycles. The van der Waals surface area contributed by atoms with E-state index in [1.165, 1.54) is 36.1 Å². The number of rotatable bonds is 7. The second kappa shape index (κ2) is 8.82. The van der Waals surface area contributed by atoms with Gasteiger partial charge in [-0.25, -0.2) is 13.2 Å². The number of nitrogens with one attached hydrogen (secondary N) is 1. The summed E-state index contributed by atoms with van der Waals surface area (Å²) in [7, 11) is 0. The zero-order valence-electron chi connectivity index (χ0n) is 19.4. The van der Waals surface area contributed by atoms with E-state index in [0.29, 0.717) is 24.1 Å². The van der Waals surface area contributed by atoms with Gasteiger partial charge >= 0.3 is 0 Å². The van der Waals surface area contributed by atoms with Crippen molar-refractivity contribution in [3.63, 3.8) is 0 Å².